The molecule has 2 aliphatic carbocycles. The lowest BCUT2D eigenvalue weighted by atomic mass is 10.0. The molecule has 0 aromatic heterocycles. The number of phenolic OH excluding ortho intramolecular Hbond substituents is 1. The predicted octanol–water partition coefficient (Wildman–Crippen LogP) is 1.86. The summed E-state index contributed by atoms with van der Waals surface area (Å²) < 4.78 is 26.8. The fourth-order valence-corrected chi connectivity index (χ4v) is 3.67. The first kappa shape index (κ1) is 12.0. The van der Waals surface area contributed by atoms with Crippen LogP contribution in [0.3, 0.4) is 0 Å². The third kappa shape index (κ3) is 2.24. The van der Waals surface area contributed by atoms with Crippen LogP contribution in [-0.2, 0) is 10.0 Å². The van der Waals surface area contributed by atoms with Crippen molar-refractivity contribution in [2.24, 2.45) is 11.3 Å². The fourth-order valence-electron chi connectivity index (χ4n) is 2.53. The van der Waals surface area contributed by atoms with E-state index in [1.165, 1.54) is 37.1 Å². The summed E-state index contributed by atoms with van der Waals surface area (Å²) in [6.45, 7) is 0.556. The van der Waals surface area contributed by atoms with Gasteiger partial charge in [0.05, 0.1) is 4.90 Å². The van der Waals surface area contributed by atoms with E-state index in [1.807, 2.05) is 0 Å². The molecule has 3 rings (SSSR count). The maximum absolute atomic E-state index is 12.1. The largest absolute Gasteiger partial charge is 0.508 e. The minimum atomic E-state index is -3.44. The highest BCUT2D eigenvalue weighted by atomic mass is 32.2. The SMILES string of the molecule is O=S(=O)(NCC1(C2CC2)CC1)c1ccc(O)cc1. The van der Waals surface area contributed by atoms with Crippen LogP contribution in [0, 0.1) is 11.3 Å². The molecule has 1 aromatic carbocycles. The summed E-state index contributed by atoms with van der Waals surface area (Å²) in [5.41, 5.74) is 0.254. The fraction of sp³-hybridized carbons (Fsp3) is 0.538. The molecule has 18 heavy (non-hydrogen) atoms. The van der Waals surface area contributed by atoms with Crippen molar-refractivity contribution in [1.82, 2.24) is 4.72 Å². The number of phenols is 1. The lowest BCUT2D eigenvalue weighted by Crippen LogP contribution is -2.31. The van der Waals surface area contributed by atoms with E-state index >= 15 is 0 Å². The molecule has 0 atom stereocenters. The zero-order chi connectivity index (χ0) is 12.8. The molecule has 0 aliphatic heterocycles. The smallest absolute Gasteiger partial charge is 0.240 e. The molecule has 0 bridgehead atoms. The van der Waals surface area contributed by atoms with Crippen molar-refractivity contribution in [1.29, 1.82) is 0 Å². The minimum Gasteiger partial charge on any atom is -0.508 e. The van der Waals surface area contributed by atoms with Crippen LogP contribution in [0.2, 0.25) is 0 Å². The highest BCUT2D eigenvalue weighted by Gasteiger charge is 2.53. The molecule has 0 radical (unpaired) electrons. The maximum Gasteiger partial charge on any atom is 0.240 e. The lowest BCUT2D eigenvalue weighted by molar-refractivity contribution is 0.432. The van der Waals surface area contributed by atoms with Gasteiger partial charge in [-0.15, -0.1) is 0 Å². The molecule has 98 valence electrons. The number of aromatic hydroxyl groups is 1. The predicted molar refractivity (Wildman–Crippen MR) is 67.7 cm³/mol. The molecule has 1 aromatic rings. The minimum absolute atomic E-state index is 0.0746. The molecule has 0 spiro atoms. The molecule has 0 amide bonds. The average molecular weight is 267 g/mol. The van der Waals surface area contributed by atoms with Gasteiger partial charge in [-0.25, -0.2) is 13.1 Å². The molecule has 0 saturated heterocycles. The number of rotatable bonds is 5. The summed E-state index contributed by atoms with van der Waals surface area (Å²) in [5.74, 6) is 0.811. The second-order valence-electron chi connectivity index (χ2n) is 5.46. The molecule has 2 N–H and O–H groups in total. The standard InChI is InChI=1S/C13H17NO3S/c15-11-3-5-12(6-4-11)18(16,17)14-9-13(7-8-13)10-1-2-10/h3-6,10,14-15H,1-2,7-9H2. The monoisotopic (exact) mass is 267 g/mol. The van der Waals surface area contributed by atoms with Gasteiger partial charge in [0.2, 0.25) is 10.0 Å². The van der Waals surface area contributed by atoms with Crippen molar-refractivity contribution in [2.75, 3.05) is 6.54 Å². The quantitative estimate of drug-likeness (QED) is 0.855. The van der Waals surface area contributed by atoms with Gasteiger partial charge in [-0.1, -0.05) is 0 Å². The Labute approximate surface area is 107 Å². The van der Waals surface area contributed by atoms with E-state index in [0.717, 1.165) is 18.8 Å². The van der Waals surface area contributed by atoms with Crippen LogP contribution in [0.5, 0.6) is 5.75 Å². The summed E-state index contributed by atoms with van der Waals surface area (Å²) in [7, 11) is -3.44. The van der Waals surface area contributed by atoms with Crippen LogP contribution >= 0.6 is 0 Å². The van der Waals surface area contributed by atoms with Crippen molar-refractivity contribution < 1.29 is 13.5 Å². The Hall–Kier alpha value is -1.07. The van der Waals surface area contributed by atoms with Crippen molar-refractivity contribution in [3.8, 4) is 5.75 Å². The molecule has 2 aliphatic rings. The van der Waals surface area contributed by atoms with Gasteiger partial charge in [0.1, 0.15) is 5.75 Å². The van der Waals surface area contributed by atoms with E-state index in [-0.39, 0.29) is 16.1 Å². The molecule has 5 heteroatoms. The van der Waals surface area contributed by atoms with Gasteiger partial charge in [-0.05, 0) is 61.3 Å². The molecular weight excluding hydrogens is 250 g/mol. The van der Waals surface area contributed by atoms with Gasteiger partial charge in [0.15, 0.2) is 0 Å². The van der Waals surface area contributed by atoms with Gasteiger partial charge in [-0.3, -0.25) is 0 Å². The summed E-state index contributed by atoms with van der Waals surface area (Å²) in [4.78, 5) is 0.215. The molecule has 2 saturated carbocycles. The van der Waals surface area contributed by atoms with E-state index in [1.54, 1.807) is 0 Å². The van der Waals surface area contributed by atoms with Crippen molar-refractivity contribution >= 4 is 10.0 Å². The zero-order valence-electron chi connectivity index (χ0n) is 10.1. The van der Waals surface area contributed by atoms with E-state index in [2.05, 4.69) is 4.72 Å². The molecule has 0 unspecified atom stereocenters. The number of sulfonamides is 1. The normalized spacial score (nSPS) is 21.8. The Kier molecular flexibility index (Phi) is 2.64. The lowest BCUT2D eigenvalue weighted by Gasteiger charge is -2.15. The Morgan fingerprint density at radius 2 is 1.83 bits per heavy atom. The van der Waals surface area contributed by atoms with Crippen LogP contribution in [0.25, 0.3) is 0 Å². The first-order valence-corrected chi connectivity index (χ1v) is 7.79. The van der Waals surface area contributed by atoms with Gasteiger partial charge in [-0.2, -0.15) is 0 Å². The summed E-state index contributed by atoms with van der Waals surface area (Å²) in [6.07, 6.45) is 4.80. The molecular formula is C13H17NO3S. The molecule has 4 nitrogen and oxygen atoms in total. The van der Waals surface area contributed by atoms with Crippen molar-refractivity contribution in [3.63, 3.8) is 0 Å². The number of nitrogens with one attached hydrogen (secondary N) is 1. The summed E-state index contributed by atoms with van der Waals surface area (Å²) >= 11 is 0. The maximum atomic E-state index is 12.1. The van der Waals surface area contributed by atoms with Crippen molar-refractivity contribution in [2.45, 2.75) is 30.6 Å². The van der Waals surface area contributed by atoms with Crippen LogP contribution in [0.1, 0.15) is 25.7 Å². The molecule has 0 heterocycles. The van der Waals surface area contributed by atoms with Crippen molar-refractivity contribution in [3.05, 3.63) is 24.3 Å². The number of hydrogen-bond acceptors (Lipinski definition) is 3. The van der Waals surface area contributed by atoms with Crippen LogP contribution < -0.4 is 4.72 Å². The number of hydrogen-bond donors (Lipinski definition) is 2. The van der Waals surface area contributed by atoms with Crippen LogP contribution in [0.15, 0.2) is 29.2 Å². The van der Waals surface area contributed by atoms with E-state index in [0.29, 0.717) is 6.54 Å². The molecule has 2 fully saturated rings. The highest BCUT2D eigenvalue weighted by Crippen LogP contribution is 2.60. The number of benzene rings is 1. The Balaban J connectivity index is 1.69. The highest BCUT2D eigenvalue weighted by molar-refractivity contribution is 7.89. The third-order valence-electron chi connectivity index (χ3n) is 4.10. The average Bonchev–Trinajstić information content (AvgIpc) is 3.19. The second kappa shape index (κ2) is 3.96. The van der Waals surface area contributed by atoms with Gasteiger partial charge in [0, 0.05) is 6.54 Å². The van der Waals surface area contributed by atoms with Crippen LogP contribution in [0.4, 0.5) is 0 Å². The third-order valence-corrected chi connectivity index (χ3v) is 5.51. The topological polar surface area (TPSA) is 66.4 Å². The van der Waals surface area contributed by atoms with Crippen LogP contribution in [-0.4, -0.2) is 20.1 Å². The summed E-state index contributed by atoms with van der Waals surface area (Å²) in [5, 5.41) is 9.16. The first-order chi connectivity index (χ1) is 8.52. The van der Waals surface area contributed by atoms with E-state index in [9.17, 15) is 8.42 Å². The Morgan fingerprint density at radius 1 is 1.22 bits per heavy atom. The van der Waals surface area contributed by atoms with Gasteiger partial charge in [0.25, 0.3) is 0 Å². The Bertz CT molecular complexity index is 542. The Morgan fingerprint density at radius 3 is 2.33 bits per heavy atom. The van der Waals surface area contributed by atoms with Gasteiger partial charge >= 0.3 is 0 Å². The second-order valence-corrected chi connectivity index (χ2v) is 7.22. The van der Waals surface area contributed by atoms with E-state index < -0.39 is 10.0 Å². The zero-order valence-corrected chi connectivity index (χ0v) is 10.9. The van der Waals surface area contributed by atoms with E-state index in [4.69, 9.17) is 5.11 Å². The summed E-state index contributed by atoms with van der Waals surface area (Å²) in [6, 6.07) is 5.63. The van der Waals surface area contributed by atoms with Gasteiger partial charge < -0.3 is 5.11 Å². The first-order valence-electron chi connectivity index (χ1n) is 6.31.